The monoisotopic (exact) mass is 309 g/mol. The van der Waals surface area contributed by atoms with Gasteiger partial charge < -0.3 is 14.5 Å². The fraction of sp³-hybridized carbons (Fsp3) is 0.429. The van der Waals surface area contributed by atoms with E-state index in [-0.39, 0.29) is 12.0 Å². The van der Waals surface area contributed by atoms with Crippen LogP contribution in [0.5, 0.6) is 0 Å². The average Bonchev–Trinajstić information content (AvgIpc) is 3.12. The molecule has 0 spiro atoms. The Morgan fingerprint density at radius 1 is 1.48 bits per heavy atom. The quantitative estimate of drug-likeness (QED) is 0.442. The smallest absolute Gasteiger partial charge is 0.262 e. The van der Waals surface area contributed by atoms with Gasteiger partial charge in [-0.05, 0) is 50.2 Å². The van der Waals surface area contributed by atoms with Crippen molar-refractivity contribution in [3.8, 4) is 0 Å². The van der Waals surface area contributed by atoms with Crippen LogP contribution in [-0.4, -0.2) is 30.3 Å². The van der Waals surface area contributed by atoms with E-state index < -0.39 is 0 Å². The first-order valence-electron chi connectivity index (χ1n) is 6.83. The zero-order valence-corrected chi connectivity index (χ0v) is 12.7. The molecule has 1 aromatic rings. The Hall–Kier alpha value is -1.86. The van der Waals surface area contributed by atoms with E-state index in [0.29, 0.717) is 17.4 Å². The van der Waals surface area contributed by atoms with E-state index >= 15 is 0 Å². The molecule has 1 unspecified atom stereocenters. The first-order chi connectivity index (χ1) is 10.1. The van der Waals surface area contributed by atoms with Gasteiger partial charge in [0.05, 0.1) is 6.10 Å². The number of amides is 1. The van der Waals surface area contributed by atoms with E-state index in [1.807, 2.05) is 13.0 Å². The Balaban J connectivity index is 1.63. The molecule has 1 aliphatic heterocycles. The molecule has 0 saturated carbocycles. The molecule has 21 heavy (non-hydrogen) atoms. The van der Waals surface area contributed by atoms with E-state index in [1.165, 1.54) is 6.08 Å². The Kier molecular flexibility index (Phi) is 5.77. The molecular formula is C14H19N3O3S. The summed E-state index contributed by atoms with van der Waals surface area (Å²) < 4.78 is 10.8. The second-order valence-electron chi connectivity index (χ2n) is 4.74. The summed E-state index contributed by atoms with van der Waals surface area (Å²) >= 11 is 5.05. The molecule has 1 fully saturated rings. The highest BCUT2D eigenvalue weighted by Gasteiger charge is 2.15. The van der Waals surface area contributed by atoms with Gasteiger partial charge in [0.1, 0.15) is 11.5 Å². The van der Waals surface area contributed by atoms with Gasteiger partial charge in [-0.25, -0.2) is 0 Å². The van der Waals surface area contributed by atoms with Crippen LogP contribution in [0.4, 0.5) is 0 Å². The number of carbonyl (C=O) groups is 1. The summed E-state index contributed by atoms with van der Waals surface area (Å²) in [6, 6.07) is 3.63. The maximum absolute atomic E-state index is 11.6. The SMILES string of the molecule is Cc1ccc(/C=C/C(=O)NNC(=S)NCC2CCCO2)o1. The van der Waals surface area contributed by atoms with Gasteiger partial charge in [0.2, 0.25) is 0 Å². The lowest BCUT2D eigenvalue weighted by Crippen LogP contribution is -2.47. The van der Waals surface area contributed by atoms with Gasteiger partial charge in [-0.3, -0.25) is 15.6 Å². The van der Waals surface area contributed by atoms with Gasteiger partial charge in [-0.2, -0.15) is 0 Å². The Labute approximate surface area is 128 Å². The van der Waals surface area contributed by atoms with Crippen LogP contribution in [0.2, 0.25) is 0 Å². The van der Waals surface area contributed by atoms with Crippen molar-refractivity contribution in [3.63, 3.8) is 0 Å². The molecule has 7 heteroatoms. The minimum atomic E-state index is -0.315. The molecule has 114 valence electrons. The largest absolute Gasteiger partial charge is 0.462 e. The molecule has 1 amide bonds. The molecule has 3 N–H and O–H groups in total. The third-order valence-corrected chi connectivity index (χ3v) is 3.22. The van der Waals surface area contributed by atoms with Gasteiger partial charge in [-0.15, -0.1) is 0 Å². The lowest BCUT2D eigenvalue weighted by atomic mass is 10.2. The number of hydrogen-bond donors (Lipinski definition) is 3. The summed E-state index contributed by atoms with van der Waals surface area (Å²) in [7, 11) is 0. The summed E-state index contributed by atoms with van der Waals surface area (Å²) in [6.45, 7) is 3.29. The van der Waals surface area contributed by atoms with Crippen molar-refractivity contribution in [3.05, 3.63) is 29.7 Å². The molecule has 0 aromatic carbocycles. The second-order valence-corrected chi connectivity index (χ2v) is 5.15. The molecule has 0 radical (unpaired) electrons. The number of thiocarbonyl (C=S) groups is 1. The van der Waals surface area contributed by atoms with Crippen LogP contribution < -0.4 is 16.2 Å². The highest BCUT2D eigenvalue weighted by atomic mass is 32.1. The fourth-order valence-electron chi connectivity index (χ4n) is 1.92. The van der Waals surface area contributed by atoms with E-state index in [0.717, 1.165) is 25.2 Å². The van der Waals surface area contributed by atoms with E-state index in [1.54, 1.807) is 12.1 Å². The third kappa shape index (κ3) is 5.57. The molecule has 2 heterocycles. The fourth-order valence-corrected chi connectivity index (χ4v) is 2.05. The standard InChI is InChI=1S/C14H19N3O3S/c1-10-4-5-11(20-10)6-7-13(18)16-17-14(21)15-9-12-3-2-8-19-12/h4-7,12H,2-3,8-9H2,1H3,(H,16,18)(H2,15,17,21)/b7-6+. The van der Waals surface area contributed by atoms with Crippen molar-refractivity contribution in [2.24, 2.45) is 0 Å². The van der Waals surface area contributed by atoms with Crippen LogP contribution in [0.1, 0.15) is 24.4 Å². The minimum Gasteiger partial charge on any atom is -0.462 e. The van der Waals surface area contributed by atoms with Crippen LogP contribution >= 0.6 is 12.2 Å². The lowest BCUT2D eigenvalue weighted by Gasteiger charge is -2.13. The molecular weight excluding hydrogens is 290 g/mol. The van der Waals surface area contributed by atoms with Gasteiger partial charge in [0.15, 0.2) is 5.11 Å². The summed E-state index contributed by atoms with van der Waals surface area (Å²) in [5.74, 6) is 1.11. The Morgan fingerprint density at radius 2 is 2.33 bits per heavy atom. The number of rotatable bonds is 4. The molecule has 1 atom stereocenters. The van der Waals surface area contributed by atoms with Crippen LogP contribution in [0, 0.1) is 6.92 Å². The number of furan rings is 1. The number of hydrazine groups is 1. The van der Waals surface area contributed by atoms with Crippen molar-refractivity contribution in [1.82, 2.24) is 16.2 Å². The number of carbonyl (C=O) groups excluding carboxylic acids is 1. The van der Waals surface area contributed by atoms with Crippen molar-refractivity contribution in [2.45, 2.75) is 25.9 Å². The highest BCUT2D eigenvalue weighted by Crippen LogP contribution is 2.10. The molecule has 2 rings (SSSR count). The Morgan fingerprint density at radius 3 is 3.00 bits per heavy atom. The van der Waals surface area contributed by atoms with Crippen molar-refractivity contribution < 1.29 is 13.9 Å². The highest BCUT2D eigenvalue weighted by molar-refractivity contribution is 7.80. The van der Waals surface area contributed by atoms with E-state index in [2.05, 4.69) is 16.2 Å². The molecule has 0 aliphatic carbocycles. The third-order valence-electron chi connectivity index (χ3n) is 2.97. The van der Waals surface area contributed by atoms with Gasteiger partial charge in [0, 0.05) is 19.2 Å². The van der Waals surface area contributed by atoms with E-state index in [9.17, 15) is 4.79 Å². The number of hydrogen-bond acceptors (Lipinski definition) is 4. The number of ether oxygens (including phenoxy) is 1. The lowest BCUT2D eigenvalue weighted by molar-refractivity contribution is -0.116. The predicted molar refractivity (Wildman–Crippen MR) is 83.3 cm³/mol. The van der Waals surface area contributed by atoms with E-state index in [4.69, 9.17) is 21.4 Å². The van der Waals surface area contributed by atoms with Crippen molar-refractivity contribution >= 4 is 29.3 Å². The van der Waals surface area contributed by atoms with Crippen molar-refractivity contribution in [1.29, 1.82) is 0 Å². The van der Waals surface area contributed by atoms with Crippen molar-refractivity contribution in [2.75, 3.05) is 13.2 Å². The van der Waals surface area contributed by atoms with Gasteiger partial charge >= 0.3 is 0 Å². The molecule has 6 nitrogen and oxygen atoms in total. The second kappa shape index (κ2) is 7.80. The average molecular weight is 309 g/mol. The molecule has 1 aromatic heterocycles. The predicted octanol–water partition coefficient (Wildman–Crippen LogP) is 1.28. The van der Waals surface area contributed by atoms with Crippen LogP contribution in [0.3, 0.4) is 0 Å². The van der Waals surface area contributed by atoms with Crippen LogP contribution in [-0.2, 0) is 9.53 Å². The summed E-state index contributed by atoms with van der Waals surface area (Å²) in [4.78, 5) is 11.6. The van der Waals surface area contributed by atoms with Gasteiger partial charge in [0.25, 0.3) is 5.91 Å². The first-order valence-corrected chi connectivity index (χ1v) is 7.24. The normalized spacial score (nSPS) is 17.9. The number of aryl methyl sites for hydroxylation is 1. The summed E-state index contributed by atoms with van der Waals surface area (Å²) in [5.41, 5.74) is 5.10. The zero-order valence-electron chi connectivity index (χ0n) is 11.8. The maximum Gasteiger partial charge on any atom is 0.262 e. The summed E-state index contributed by atoms with van der Waals surface area (Å²) in [5, 5.41) is 3.36. The maximum atomic E-state index is 11.6. The summed E-state index contributed by atoms with van der Waals surface area (Å²) in [6.07, 6.45) is 5.27. The topological polar surface area (TPSA) is 75.5 Å². The molecule has 0 bridgehead atoms. The minimum absolute atomic E-state index is 0.197. The zero-order chi connectivity index (χ0) is 15.1. The van der Waals surface area contributed by atoms with Gasteiger partial charge in [-0.1, -0.05) is 0 Å². The van der Waals surface area contributed by atoms with Crippen LogP contribution in [0.15, 0.2) is 22.6 Å². The van der Waals surface area contributed by atoms with Crippen LogP contribution in [0.25, 0.3) is 6.08 Å². The number of nitrogens with one attached hydrogen (secondary N) is 3. The first kappa shape index (κ1) is 15.5. The molecule has 1 saturated heterocycles. The molecule has 1 aliphatic rings. The Bertz CT molecular complexity index is 521.